The highest BCUT2D eigenvalue weighted by Gasteiger charge is 2.27. The number of carbonyl (C=O) groups excluding carboxylic acids is 1. The highest BCUT2D eigenvalue weighted by atomic mass is 16.6. The van der Waals surface area contributed by atoms with E-state index in [-0.39, 0.29) is 6.54 Å². The Morgan fingerprint density at radius 1 is 1.32 bits per heavy atom. The summed E-state index contributed by atoms with van der Waals surface area (Å²) in [5.74, 6) is 0. The van der Waals surface area contributed by atoms with Gasteiger partial charge in [-0.05, 0) is 45.0 Å². The maximum atomic E-state index is 12.0. The van der Waals surface area contributed by atoms with Crippen molar-refractivity contribution in [1.82, 2.24) is 14.7 Å². The van der Waals surface area contributed by atoms with Crippen LogP contribution in [0.1, 0.15) is 31.9 Å². The summed E-state index contributed by atoms with van der Waals surface area (Å²) in [6, 6.07) is 8.78. The lowest BCUT2D eigenvalue weighted by atomic mass is 10.2. The van der Waals surface area contributed by atoms with E-state index < -0.39 is 17.8 Å². The lowest BCUT2D eigenvalue weighted by molar-refractivity contribution is 0.0255. The van der Waals surface area contributed by atoms with E-state index in [9.17, 15) is 14.7 Å². The highest BCUT2D eigenvalue weighted by Crippen LogP contribution is 2.14. The number of carbonyl (C=O) groups is 2. The van der Waals surface area contributed by atoms with Gasteiger partial charge in [0.25, 0.3) is 0 Å². The van der Waals surface area contributed by atoms with Crippen molar-refractivity contribution < 1.29 is 19.4 Å². The van der Waals surface area contributed by atoms with Crippen LogP contribution in [-0.4, -0.2) is 37.6 Å². The molecule has 0 aliphatic carbocycles. The van der Waals surface area contributed by atoms with Crippen molar-refractivity contribution in [3.05, 3.63) is 47.8 Å². The molecule has 2 aromatic rings. The zero-order valence-corrected chi connectivity index (χ0v) is 14.1. The maximum Gasteiger partial charge on any atom is 0.420 e. The van der Waals surface area contributed by atoms with Crippen LogP contribution in [-0.2, 0) is 11.3 Å². The summed E-state index contributed by atoms with van der Waals surface area (Å²) < 4.78 is 6.63. The molecule has 2 rings (SSSR count). The molecule has 0 saturated heterocycles. The van der Waals surface area contributed by atoms with Gasteiger partial charge in [0.05, 0.1) is 30.1 Å². The SMILES string of the molecule is CC(C)(C)OC(=O)N(Cc1cnn(-c2ccc(C#N)cc2)c1)C(=O)O. The summed E-state index contributed by atoms with van der Waals surface area (Å²) in [5.41, 5.74) is 0.970. The molecule has 0 spiro atoms. The minimum absolute atomic E-state index is 0.180. The van der Waals surface area contributed by atoms with E-state index in [1.54, 1.807) is 51.2 Å². The highest BCUT2D eigenvalue weighted by molar-refractivity contribution is 5.86. The van der Waals surface area contributed by atoms with E-state index in [1.807, 2.05) is 6.07 Å². The van der Waals surface area contributed by atoms with Gasteiger partial charge in [0.15, 0.2) is 0 Å². The van der Waals surface area contributed by atoms with Gasteiger partial charge in [-0.1, -0.05) is 0 Å². The number of aromatic nitrogens is 2. The molecule has 1 heterocycles. The van der Waals surface area contributed by atoms with Gasteiger partial charge in [-0.15, -0.1) is 0 Å². The molecular formula is C17H18N4O4. The number of rotatable bonds is 3. The number of hydrogen-bond acceptors (Lipinski definition) is 5. The summed E-state index contributed by atoms with van der Waals surface area (Å²) >= 11 is 0. The summed E-state index contributed by atoms with van der Waals surface area (Å²) in [5, 5.41) is 22.2. The van der Waals surface area contributed by atoms with Crippen molar-refractivity contribution in [3.8, 4) is 11.8 Å². The van der Waals surface area contributed by atoms with E-state index in [2.05, 4.69) is 5.10 Å². The Labute approximate surface area is 144 Å². The number of benzene rings is 1. The van der Waals surface area contributed by atoms with Crippen molar-refractivity contribution in [2.45, 2.75) is 32.9 Å². The molecule has 1 aromatic heterocycles. The summed E-state index contributed by atoms with van der Waals surface area (Å²) in [6.45, 7) is 4.80. The molecule has 0 fully saturated rings. The summed E-state index contributed by atoms with van der Waals surface area (Å²) in [7, 11) is 0. The Balaban J connectivity index is 2.15. The smallest absolute Gasteiger partial charge is 0.420 e. The van der Waals surface area contributed by atoms with Crippen molar-refractivity contribution in [3.63, 3.8) is 0 Å². The molecule has 0 radical (unpaired) electrons. The number of nitriles is 1. The Bertz CT molecular complexity index is 812. The second kappa shape index (κ2) is 7.05. The van der Waals surface area contributed by atoms with Crippen LogP contribution in [0.4, 0.5) is 9.59 Å². The first-order chi connectivity index (χ1) is 11.7. The quantitative estimate of drug-likeness (QED) is 0.918. The van der Waals surface area contributed by atoms with Crippen molar-refractivity contribution >= 4 is 12.2 Å². The van der Waals surface area contributed by atoms with Gasteiger partial charge < -0.3 is 9.84 Å². The second-order valence-corrected chi connectivity index (χ2v) is 6.30. The summed E-state index contributed by atoms with van der Waals surface area (Å²) in [4.78, 5) is 24.0. The maximum absolute atomic E-state index is 12.0. The number of ether oxygens (including phenoxy) is 1. The van der Waals surface area contributed by atoms with Crippen LogP contribution in [0, 0.1) is 11.3 Å². The molecule has 0 atom stereocenters. The third kappa shape index (κ3) is 4.81. The first kappa shape index (κ1) is 18.0. The molecule has 0 saturated carbocycles. The molecule has 2 amide bonds. The van der Waals surface area contributed by atoms with Gasteiger partial charge >= 0.3 is 12.2 Å². The average Bonchev–Trinajstić information content (AvgIpc) is 2.99. The topological polar surface area (TPSA) is 108 Å². The van der Waals surface area contributed by atoms with E-state index in [0.29, 0.717) is 21.7 Å². The van der Waals surface area contributed by atoms with Crippen LogP contribution in [0.3, 0.4) is 0 Å². The molecular weight excluding hydrogens is 324 g/mol. The Hall–Kier alpha value is -3.34. The van der Waals surface area contributed by atoms with E-state index in [4.69, 9.17) is 10.00 Å². The molecule has 0 bridgehead atoms. The van der Waals surface area contributed by atoms with Gasteiger partial charge in [0.2, 0.25) is 0 Å². The minimum atomic E-state index is -1.40. The lowest BCUT2D eigenvalue weighted by Gasteiger charge is -2.24. The Morgan fingerprint density at radius 3 is 2.48 bits per heavy atom. The van der Waals surface area contributed by atoms with Gasteiger partial charge in [0, 0.05) is 11.8 Å². The molecule has 0 aliphatic rings. The first-order valence-electron chi connectivity index (χ1n) is 7.47. The molecule has 0 unspecified atom stereocenters. The molecule has 25 heavy (non-hydrogen) atoms. The van der Waals surface area contributed by atoms with Crippen molar-refractivity contribution in [2.75, 3.05) is 0 Å². The third-order valence-electron chi connectivity index (χ3n) is 3.08. The van der Waals surface area contributed by atoms with Gasteiger partial charge in [-0.2, -0.15) is 10.4 Å². The second-order valence-electron chi connectivity index (χ2n) is 6.30. The molecule has 8 nitrogen and oxygen atoms in total. The average molecular weight is 342 g/mol. The number of amides is 2. The standard InChI is InChI=1S/C17H18N4O4/c1-17(2,3)25-16(24)20(15(22)23)10-13-9-19-21(11-13)14-6-4-12(8-18)5-7-14/h4-7,9,11H,10H2,1-3H3,(H,22,23). The fraction of sp³-hybridized carbons (Fsp3) is 0.294. The fourth-order valence-corrected chi connectivity index (χ4v) is 1.98. The largest absolute Gasteiger partial charge is 0.465 e. The van der Waals surface area contributed by atoms with Crippen LogP contribution in [0.5, 0.6) is 0 Å². The number of hydrogen-bond donors (Lipinski definition) is 1. The monoisotopic (exact) mass is 342 g/mol. The van der Waals surface area contributed by atoms with Crippen LogP contribution in [0.15, 0.2) is 36.7 Å². The minimum Gasteiger partial charge on any atom is -0.465 e. The zero-order valence-electron chi connectivity index (χ0n) is 14.1. The van der Waals surface area contributed by atoms with E-state index in [0.717, 1.165) is 0 Å². The third-order valence-corrected chi connectivity index (χ3v) is 3.08. The first-order valence-corrected chi connectivity index (χ1v) is 7.47. The van der Waals surface area contributed by atoms with Crippen molar-refractivity contribution in [2.24, 2.45) is 0 Å². The molecule has 0 aliphatic heterocycles. The Morgan fingerprint density at radius 2 is 1.96 bits per heavy atom. The predicted molar refractivity (Wildman–Crippen MR) is 88.1 cm³/mol. The molecule has 1 N–H and O–H groups in total. The van der Waals surface area contributed by atoms with Gasteiger partial charge in [-0.25, -0.2) is 19.2 Å². The van der Waals surface area contributed by atoms with Crippen molar-refractivity contribution in [1.29, 1.82) is 5.26 Å². The van der Waals surface area contributed by atoms with Gasteiger partial charge in [0.1, 0.15) is 5.60 Å². The van der Waals surface area contributed by atoms with Crippen LogP contribution in [0.2, 0.25) is 0 Å². The van der Waals surface area contributed by atoms with Crippen LogP contribution in [0.25, 0.3) is 5.69 Å². The zero-order chi connectivity index (χ0) is 18.6. The molecule has 1 aromatic carbocycles. The summed E-state index contributed by atoms with van der Waals surface area (Å²) in [6.07, 6.45) is 0.742. The number of imide groups is 1. The molecule has 130 valence electrons. The van der Waals surface area contributed by atoms with Crippen LogP contribution >= 0.6 is 0 Å². The number of carboxylic acid groups (broad SMARTS) is 1. The Kier molecular flexibility index (Phi) is 5.08. The van der Waals surface area contributed by atoms with E-state index >= 15 is 0 Å². The predicted octanol–water partition coefficient (Wildman–Crippen LogP) is 3.16. The molecule has 8 heteroatoms. The number of nitrogens with zero attached hydrogens (tertiary/aromatic N) is 4. The van der Waals surface area contributed by atoms with E-state index in [1.165, 1.54) is 10.9 Å². The van der Waals surface area contributed by atoms with Crippen LogP contribution < -0.4 is 0 Å². The lowest BCUT2D eigenvalue weighted by Crippen LogP contribution is -2.39. The van der Waals surface area contributed by atoms with Gasteiger partial charge in [-0.3, -0.25) is 0 Å². The fourth-order valence-electron chi connectivity index (χ4n) is 1.98. The normalized spacial score (nSPS) is 10.8.